The summed E-state index contributed by atoms with van der Waals surface area (Å²) in [7, 11) is 0. The summed E-state index contributed by atoms with van der Waals surface area (Å²) < 4.78 is 0. The van der Waals surface area contributed by atoms with E-state index in [0.717, 1.165) is 24.3 Å². The molecule has 1 fully saturated rings. The molecular weight excluding hydrogens is 240 g/mol. The molecule has 1 aliphatic rings. The first-order valence-electron chi connectivity index (χ1n) is 5.57. The van der Waals surface area contributed by atoms with Crippen LogP contribution in [0.2, 0.25) is 0 Å². The van der Waals surface area contributed by atoms with Crippen LogP contribution in [-0.2, 0) is 9.59 Å². The molecule has 0 radical (unpaired) electrons. The van der Waals surface area contributed by atoms with Crippen LogP contribution in [0.5, 0.6) is 0 Å². The van der Waals surface area contributed by atoms with Gasteiger partial charge in [0.2, 0.25) is 5.13 Å². The van der Waals surface area contributed by atoms with E-state index < -0.39 is 11.8 Å². The zero-order valence-electron chi connectivity index (χ0n) is 9.60. The lowest BCUT2D eigenvalue weighted by atomic mass is 10.1. The van der Waals surface area contributed by atoms with E-state index in [-0.39, 0.29) is 0 Å². The van der Waals surface area contributed by atoms with Crippen LogP contribution >= 0.6 is 11.3 Å². The van der Waals surface area contributed by atoms with Gasteiger partial charge in [0.15, 0.2) is 0 Å². The van der Waals surface area contributed by atoms with Gasteiger partial charge in [0.05, 0.1) is 0 Å². The number of aryl methyl sites for hydroxylation is 1. The first-order valence-corrected chi connectivity index (χ1v) is 6.39. The van der Waals surface area contributed by atoms with Gasteiger partial charge in [-0.25, -0.2) is 0 Å². The zero-order chi connectivity index (χ0) is 12.3. The summed E-state index contributed by atoms with van der Waals surface area (Å²) in [6.07, 6.45) is 3.06. The van der Waals surface area contributed by atoms with Gasteiger partial charge in [-0.2, -0.15) is 0 Å². The number of hydrogen-bond donors (Lipinski definition) is 1. The molecule has 1 N–H and O–H groups in total. The van der Waals surface area contributed by atoms with Crippen LogP contribution < -0.4 is 5.32 Å². The zero-order valence-corrected chi connectivity index (χ0v) is 10.4. The number of carbonyl (C=O) groups excluding carboxylic acids is 2. The smallest absolute Gasteiger partial charge is 0.315 e. The van der Waals surface area contributed by atoms with Crippen molar-refractivity contribution < 1.29 is 9.59 Å². The number of carbonyl (C=O) groups is 2. The molecule has 0 aromatic carbocycles. The Labute approximate surface area is 103 Å². The van der Waals surface area contributed by atoms with Gasteiger partial charge >= 0.3 is 11.8 Å². The lowest BCUT2D eigenvalue weighted by molar-refractivity contribution is -0.143. The van der Waals surface area contributed by atoms with Gasteiger partial charge in [0, 0.05) is 13.1 Å². The van der Waals surface area contributed by atoms with Crippen molar-refractivity contribution in [2.24, 2.45) is 0 Å². The first kappa shape index (κ1) is 12.0. The molecular formula is C10H14N4O2S. The molecule has 1 aromatic heterocycles. The summed E-state index contributed by atoms with van der Waals surface area (Å²) in [6, 6.07) is 0. The quantitative estimate of drug-likeness (QED) is 0.752. The Bertz CT molecular complexity index is 426. The Morgan fingerprint density at radius 3 is 2.53 bits per heavy atom. The Morgan fingerprint density at radius 1 is 1.24 bits per heavy atom. The van der Waals surface area contributed by atoms with E-state index in [1.54, 1.807) is 11.8 Å². The third-order valence-corrected chi connectivity index (χ3v) is 3.34. The van der Waals surface area contributed by atoms with E-state index in [4.69, 9.17) is 0 Å². The van der Waals surface area contributed by atoms with Crippen molar-refractivity contribution in [1.82, 2.24) is 15.1 Å². The maximum absolute atomic E-state index is 11.8. The highest BCUT2D eigenvalue weighted by molar-refractivity contribution is 7.15. The van der Waals surface area contributed by atoms with Crippen molar-refractivity contribution in [2.45, 2.75) is 26.2 Å². The van der Waals surface area contributed by atoms with E-state index >= 15 is 0 Å². The third-order valence-electron chi connectivity index (χ3n) is 2.58. The normalized spacial score (nSPS) is 15.7. The number of hydrogen-bond acceptors (Lipinski definition) is 5. The number of nitrogens with one attached hydrogen (secondary N) is 1. The van der Waals surface area contributed by atoms with Gasteiger partial charge in [0.1, 0.15) is 5.01 Å². The van der Waals surface area contributed by atoms with E-state index in [1.807, 2.05) is 0 Å². The summed E-state index contributed by atoms with van der Waals surface area (Å²) in [6.45, 7) is 3.13. The average molecular weight is 254 g/mol. The fourth-order valence-corrected chi connectivity index (χ4v) is 2.33. The molecule has 1 aliphatic heterocycles. The third kappa shape index (κ3) is 3.00. The first-order chi connectivity index (χ1) is 8.16. The second kappa shape index (κ2) is 5.22. The van der Waals surface area contributed by atoms with Crippen molar-refractivity contribution in [3.63, 3.8) is 0 Å². The minimum Gasteiger partial charge on any atom is -0.334 e. The van der Waals surface area contributed by atoms with Crippen molar-refractivity contribution >= 4 is 28.3 Å². The molecule has 0 saturated carbocycles. The molecule has 6 nitrogen and oxygen atoms in total. The number of anilines is 1. The number of aromatic nitrogens is 2. The number of nitrogens with zero attached hydrogens (tertiary/aromatic N) is 3. The highest BCUT2D eigenvalue weighted by Crippen LogP contribution is 2.14. The molecule has 2 amide bonds. The fourth-order valence-electron chi connectivity index (χ4n) is 1.74. The monoisotopic (exact) mass is 254 g/mol. The molecule has 92 valence electrons. The molecule has 0 bridgehead atoms. The SMILES string of the molecule is Cc1nnc(NC(=O)C(=O)N2CCCCC2)s1. The Balaban J connectivity index is 1.92. The molecule has 1 aromatic rings. The van der Waals surface area contributed by atoms with Gasteiger partial charge in [-0.1, -0.05) is 11.3 Å². The van der Waals surface area contributed by atoms with Crippen LogP contribution in [0.4, 0.5) is 5.13 Å². The summed E-state index contributed by atoms with van der Waals surface area (Å²) in [5.74, 6) is -1.10. The van der Waals surface area contributed by atoms with Crippen LogP contribution in [0.1, 0.15) is 24.3 Å². The minimum atomic E-state index is -0.622. The van der Waals surface area contributed by atoms with Crippen LogP contribution in [0.15, 0.2) is 0 Å². The highest BCUT2D eigenvalue weighted by atomic mass is 32.1. The lowest BCUT2D eigenvalue weighted by Crippen LogP contribution is -2.42. The fraction of sp³-hybridized carbons (Fsp3) is 0.600. The molecule has 0 atom stereocenters. The molecule has 1 saturated heterocycles. The van der Waals surface area contributed by atoms with E-state index in [2.05, 4.69) is 15.5 Å². The molecule has 0 spiro atoms. The predicted octanol–water partition coefficient (Wildman–Crippen LogP) is 0.798. The standard InChI is InChI=1S/C10H14N4O2S/c1-7-12-13-10(17-7)11-8(15)9(16)14-5-3-2-4-6-14/h2-6H2,1H3,(H,11,13,15). The average Bonchev–Trinajstić information content (AvgIpc) is 2.75. The lowest BCUT2D eigenvalue weighted by Gasteiger charge is -2.25. The topological polar surface area (TPSA) is 75.2 Å². The number of rotatable bonds is 1. The second-order valence-corrected chi connectivity index (χ2v) is 5.11. The highest BCUT2D eigenvalue weighted by Gasteiger charge is 2.23. The van der Waals surface area contributed by atoms with Gasteiger partial charge in [0.25, 0.3) is 0 Å². The van der Waals surface area contributed by atoms with Crippen LogP contribution in [0, 0.1) is 6.92 Å². The van der Waals surface area contributed by atoms with Gasteiger partial charge in [-0.3, -0.25) is 14.9 Å². The molecule has 7 heteroatoms. The maximum atomic E-state index is 11.8. The largest absolute Gasteiger partial charge is 0.334 e. The molecule has 2 rings (SSSR count). The van der Waals surface area contributed by atoms with Crippen LogP contribution in [0.25, 0.3) is 0 Å². The van der Waals surface area contributed by atoms with Crippen molar-refractivity contribution in [2.75, 3.05) is 18.4 Å². The molecule has 17 heavy (non-hydrogen) atoms. The van der Waals surface area contributed by atoms with Gasteiger partial charge in [-0.05, 0) is 26.2 Å². The number of likely N-dealkylation sites (tertiary alicyclic amines) is 1. The summed E-state index contributed by atoms with van der Waals surface area (Å²) in [5.41, 5.74) is 0. The van der Waals surface area contributed by atoms with Crippen molar-refractivity contribution in [3.05, 3.63) is 5.01 Å². The van der Waals surface area contributed by atoms with E-state index in [9.17, 15) is 9.59 Å². The minimum absolute atomic E-state index is 0.373. The Hall–Kier alpha value is -1.50. The Morgan fingerprint density at radius 2 is 1.94 bits per heavy atom. The summed E-state index contributed by atoms with van der Waals surface area (Å²) in [5, 5.41) is 11.1. The van der Waals surface area contributed by atoms with Crippen molar-refractivity contribution in [1.29, 1.82) is 0 Å². The predicted molar refractivity (Wildman–Crippen MR) is 63.7 cm³/mol. The number of amides is 2. The van der Waals surface area contributed by atoms with E-state index in [0.29, 0.717) is 18.2 Å². The Kier molecular flexibility index (Phi) is 3.68. The molecule has 0 unspecified atom stereocenters. The van der Waals surface area contributed by atoms with Gasteiger partial charge < -0.3 is 4.90 Å². The second-order valence-electron chi connectivity index (χ2n) is 3.93. The molecule has 0 aliphatic carbocycles. The van der Waals surface area contributed by atoms with Gasteiger partial charge in [-0.15, -0.1) is 10.2 Å². The maximum Gasteiger partial charge on any atom is 0.315 e. The van der Waals surface area contributed by atoms with Crippen LogP contribution in [-0.4, -0.2) is 40.0 Å². The number of piperidine rings is 1. The summed E-state index contributed by atoms with van der Waals surface area (Å²) in [4.78, 5) is 25.0. The van der Waals surface area contributed by atoms with Crippen LogP contribution in [0.3, 0.4) is 0 Å². The van der Waals surface area contributed by atoms with Crippen molar-refractivity contribution in [3.8, 4) is 0 Å². The van der Waals surface area contributed by atoms with E-state index in [1.165, 1.54) is 11.3 Å². The summed E-state index contributed by atoms with van der Waals surface area (Å²) >= 11 is 1.26. The molecule has 2 heterocycles.